The van der Waals surface area contributed by atoms with Gasteiger partial charge in [-0.25, -0.2) is 4.39 Å². The van der Waals surface area contributed by atoms with E-state index in [-0.39, 0.29) is 22.7 Å². The molecule has 4 rings (SSSR count). The molecule has 3 aromatic heterocycles. The maximum atomic E-state index is 13.4. The molecule has 0 saturated heterocycles. The Labute approximate surface area is 187 Å². The highest BCUT2D eigenvalue weighted by atomic mass is 32.2. The summed E-state index contributed by atoms with van der Waals surface area (Å²) in [5, 5.41) is 20.6. The highest BCUT2D eigenvalue weighted by molar-refractivity contribution is 7.99. The van der Waals surface area contributed by atoms with Gasteiger partial charge in [-0.1, -0.05) is 11.8 Å². The van der Waals surface area contributed by atoms with E-state index in [4.69, 9.17) is 8.83 Å². The van der Waals surface area contributed by atoms with E-state index in [2.05, 4.69) is 21.6 Å². The second-order valence-electron chi connectivity index (χ2n) is 6.96. The summed E-state index contributed by atoms with van der Waals surface area (Å²) >= 11 is 1.08. The lowest BCUT2D eigenvalue weighted by molar-refractivity contribution is -0.113. The smallest absolute Gasteiger partial charge is 0.277 e. The van der Waals surface area contributed by atoms with E-state index in [0.717, 1.165) is 23.0 Å². The molecule has 0 radical (unpaired) electrons. The fourth-order valence-corrected chi connectivity index (χ4v) is 3.82. The third-order valence-electron chi connectivity index (χ3n) is 4.99. The summed E-state index contributed by atoms with van der Waals surface area (Å²) in [5.41, 5.74) is 3.18. The predicted octanol–water partition coefficient (Wildman–Crippen LogP) is 4.79. The molecule has 0 aliphatic heterocycles. The summed E-state index contributed by atoms with van der Waals surface area (Å²) in [7, 11) is 0. The van der Waals surface area contributed by atoms with Crippen LogP contribution in [0.5, 0.6) is 0 Å². The van der Waals surface area contributed by atoms with Gasteiger partial charge in [0.15, 0.2) is 0 Å². The minimum Gasteiger partial charge on any atom is -0.469 e. The molecule has 0 aliphatic carbocycles. The van der Waals surface area contributed by atoms with Crippen LogP contribution in [0, 0.1) is 37.9 Å². The molecule has 162 valence electrons. The number of carbonyl (C=O) groups is 1. The number of aromatic nitrogens is 3. The van der Waals surface area contributed by atoms with Gasteiger partial charge in [-0.2, -0.15) is 5.26 Å². The Bertz CT molecular complexity index is 1330. The lowest BCUT2D eigenvalue weighted by Gasteiger charge is -2.13. The Morgan fingerprint density at radius 1 is 1.22 bits per heavy atom. The van der Waals surface area contributed by atoms with Gasteiger partial charge in [0.25, 0.3) is 11.1 Å². The molecule has 1 amide bonds. The van der Waals surface area contributed by atoms with E-state index in [1.54, 1.807) is 36.6 Å². The van der Waals surface area contributed by atoms with Crippen molar-refractivity contribution in [2.75, 3.05) is 11.1 Å². The van der Waals surface area contributed by atoms with Crippen molar-refractivity contribution in [3.63, 3.8) is 0 Å². The lowest BCUT2D eigenvalue weighted by Crippen LogP contribution is -2.17. The van der Waals surface area contributed by atoms with Gasteiger partial charge in [0.2, 0.25) is 5.91 Å². The zero-order valence-electron chi connectivity index (χ0n) is 17.5. The number of rotatable bonds is 6. The molecular weight excluding hydrogens is 433 g/mol. The number of thioether (sulfide) groups is 1. The van der Waals surface area contributed by atoms with E-state index < -0.39 is 0 Å². The Kier molecular flexibility index (Phi) is 5.83. The van der Waals surface area contributed by atoms with Crippen LogP contribution in [0.3, 0.4) is 0 Å². The summed E-state index contributed by atoms with van der Waals surface area (Å²) in [6.07, 6.45) is 1.53. The van der Waals surface area contributed by atoms with Crippen molar-refractivity contribution < 1.29 is 18.0 Å². The molecule has 1 aromatic carbocycles. The molecule has 0 atom stereocenters. The SMILES string of the molecule is Cc1occc1-c1nnc(SCC(=O)Nc2c(C#N)c(C)c(C)n2-c2ccc(F)cc2)o1. The van der Waals surface area contributed by atoms with Crippen molar-refractivity contribution in [1.29, 1.82) is 5.26 Å². The van der Waals surface area contributed by atoms with Gasteiger partial charge < -0.3 is 14.2 Å². The van der Waals surface area contributed by atoms with Crippen LogP contribution in [0.15, 0.2) is 50.7 Å². The zero-order chi connectivity index (χ0) is 22.8. The average molecular weight is 451 g/mol. The number of benzene rings is 1. The zero-order valence-corrected chi connectivity index (χ0v) is 18.3. The topological polar surface area (TPSA) is 110 Å². The monoisotopic (exact) mass is 451 g/mol. The number of nitrogens with one attached hydrogen (secondary N) is 1. The van der Waals surface area contributed by atoms with Gasteiger partial charge in [0, 0.05) is 11.4 Å². The summed E-state index contributed by atoms with van der Waals surface area (Å²) in [4.78, 5) is 12.7. The van der Waals surface area contributed by atoms with Crippen LogP contribution in [0.1, 0.15) is 22.6 Å². The molecule has 3 heterocycles. The molecule has 1 N–H and O–H groups in total. The van der Waals surface area contributed by atoms with Crippen LogP contribution < -0.4 is 5.32 Å². The largest absolute Gasteiger partial charge is 0.469 e. The minimum absolute atomic E-state index is 0.0104. The van der Waals surface area contributed by atoms with E-state index in [1.807, 2.05) is 6.92 Å². The van der Waals surface area contributed by atoms with Gasteiger partial charge in [0.1, 0.15) is 23.5 Å². The summed E-state index contributed by atoms with van der Waals surface area (Å²) in [5.74, 6) is 0.555. The Morgan fingerprint density at radius 2 is 1.97 bits per heavy atom. The fraction of sp³-hybridized carbons (Fsp3) is 0.182. The van der Waals surface area contributed by atoms with Crippen molar-refractivity contribution in [2.45, 2.75) is 26.0 Å². The Balaban J connectivity index is 1.53. The van der Waals surface area contributed by atoms with E-state index in [0.29, 0.717) is 34.3 Å². The second-order valence-corrected chi connectivity index (χ2v) is 7.88. The first-order valence-electron chi connectivity index (χ1n) is 9.57. The number of amides is 1. The van der Waals surface area contributed by atoms with Crippen LogP contribution in [-0.4, -0.2) is 26.4 Å². The Morgan fingerprint density at radius 3 is 2.62 bits per heavy atom. The lowest BCUT2D eigenvalue weighted by atomic mass is 10.2. The number of hydrogen-bond acceptors (Lipinski definition) is 7. The molecule has 0 fully saturated rings. The maximum Gasteiger partial charge on any atom is 0.277 e. The number of nitrogens with zero attached hydrogens (tertiary/aromatic N) is 4. The van der Waals surface area contributed by atoms with Gasteiger partial charge in [-0.3, -0.25) is 9.36 Å². The average Bonchev–Trinajstić information content (AvgIpc) is 3.47. The van der Waals surface area contributed by atoms with Crippen LogP contribution in [0.4, 0.5) is 10.2 Å². The van der Waals surface area contributed by atoms with Crippen molar-refractivity contribution in [3.8, 4) is 23.2 Å². The third-order valence-corrected chi connectivity index (χ3v) is 5.81. The van der Waals surface area contributed by atoms with Gasteiger partial charge in [-0.15, -0.1) is 10.2 Å². The normalized spacial score (nSPS) is 10.8. The molecular formula is C22H18FN5O3S. The van der Waals surface area contributed by atoms with Crippen LogP contribution in [-0.2, 0) is 4.79 Å². The van der Waals surface area contributed by atoms with E-state index in [9.17, 15) is 14.4 Å². The van der Waals surface area contributed by atoms with E-state index in [1.165, 1.54) is 18.4 Å². The molecule has 32 heavy (non-hydrogen) atoms. The number of furan rings is 1. The van der Waals surface area contributed by atoms with Crippen LogP contribution in [0.25, 0.3) is 17.1 Å². The molecule has 0 aliphatic rings. The van der Waals surface area contributed by atoms with E-state index >= 15 is 0 Å². The number of carbonyl (C=O) groups excluding carboxylic acids is 1. The van der Waals surface area contributed by atoms with Crippen molar-refractivity contribution in [2.24, 2.45) is 0 Å². The number of halogens is 1. The van der Waals surface area contributed by atoms with Crippen molar-refractivity contribution in [1.82, 2.24) is 14.8 Å². The molecule has 0 unspecified atom stereocenters. The van der Waals surface area contributed by atoms with Gasteiger partial charge in [0.05, 0.1) is 23.1 Å². The van der Waals surface area contributed by atoms with Crippen LogP contribution >= 0.6 is 11.8 Å². The molecule has 4 aromatic rings. The summed E-state index contributed by atoms with van der Waals surface area (Å²) in [6.45, 7) is 5.42. The first kappa shape index (κ1) is 21.4. The quantitative estimate of drug-likeness (QED) is 0.420. The second kappa shape index (κ2) is 8.72. The van der Waals surface area contributed by atoms with Crippen molar-refractivity contribution >= 4 is 23.5 Å². The van der Waals surface area contributed by atoms with Crippen molar-refractivity contribution in [3.05, 3.63) is 65.0 Å². The first-order chi connectivity index (χ1) is 15.4. The molecule has 0 saturated carbocycles. The van der Waals surface area contributed by atoms with Crippen LogP contribution in [0.2, 0.25) is 0 Å². The summed E-state index contributed by atoms with van der Waals surface area (Å²) < 4.78 is 25.9. The molecule has 10 heteroatoms. The number of aryl methyl sites for hydroxylation is 1. The highest BCUT2D eigenvalue weighted by Gasteiger charge is 2.21. The standard InChI is InChI=1S/C22H18FN5O3S/c1-12-13(2)28(16-6-4-15(23)5-7-16)20(18(12)10-24)25-19(29)11-32-22-27-26-21(31-22)17-8-9-30-14(17)3/h4-9H,11H2,1-3H3,(H,25,29). The highest BCUT2D eigenvalue weighted by Crippen LogP contribution is 2.31. The minimum atomic E-state index is -0.373. The maximum absolute atomic E-state index is 13.4. The molecule has 8 nitrogen and oxygen atoms in total. The van der Waals surface area contributed by atoms with Gasteiger partial charge >= 0.3 is 0 Å². The van der Waals surface area contributed by atoms with Gasteiger partial charge in [-0.05, 0) is 56.7 Å². The third kappa shape index (κ3) is 4.02. The number of hydrogen-bond donors (Lipinski definition) is 1. The fourth-order valence-electron chi connectivity index (χ4n) is 3.25. The first-order valence-corrected chi connectivity index (χ1v) is 10.6. The number of nitriles is 1. The number of anilines is 1. The summed E-state index contributed by atoms with van der Waals surface area (Å²) in [6, 6.07) is 9.70. The molecule has 0 spiro atoms. The molecule has 0 bridgehead atoms. The predicted molar refractivity (Wildman–Crippen MR) is 116 cm³/mol. The Hall–Kier alpha value is -3.84.